The highest BCUT2D eigenvalue weighted by atomic mass is 32.2. The number of nitrogens with one attached hydrogen (secondary N) is 2. The summed E-state index contributed by atoms with van der Waals surface area (Å²) in [4.78, 5) is 32.0. The number of aromatic nitrogens is 1. The molecule has 0 saturated carbocycles. The van der Waals surface area contributed by atoms with Gasteiger partial charge in [-0.3, -0.25) is 25.3 Å². The molecular weight excluding hydrogens is 534 g/mol. The molecular formula is C32H29N5O3S. The number of amides is 2. The number of carbonyl (C=O) groups is 2. The van der Waals surface area contributed by atoms with Crippen LogP contribution in [0, 0.1) is 12.3 Å². The van der Waals surface area contributed by atoms with E-state index >= 15 is 0 Å². The van der Waals surface area contributed by atoms with Crippen LogP contribution in [0.4, 0.5) is 5.69 Å². The topological polar surface area (TPSA) is 123 Å². The van der Waals surface area contributed by atoms with Gasteiger partial charge in [0.2, 0.25) is 0 Å². The van der Waals surface area contributed by atoms with Crippen LogP contribution >= 0.6 is 11.8 Å². The fourth-order valence-corrected chi connectivity index (χ4v) is 6.29. The Morgan fingerprint density at radius 1 is 1.05 bits per heavy atom. The Morgan fingerprint density at radius 3 is 2.63 bits per heavy atom. The van der Waals surface area contributed by atoms with Crippen LogP contribution in [-0.4, -0.2) is 33.5 Å². The van der Waals surface area contributed by atoms with E-state index in [0.29, 0.717) is 42.2 Å². The molecule has 0 saturated heterocycles. The van der Waals surface area contributed by atoms with Crippen molar-refractivity contribution in [1.82, 2.24) is 9.88 Å². The standard InChI is InChI=1S/C32H29N5O3S/c1-20-16-22-10-5-6-11-26(22)37(20)28-27(29(38)36-30(28)39)32(14-7-15-41-31(33)34)19-35-25-13-12-23(17-24(25)32)40-18-21-8-3-2-4-9-21/h2-6,8-13,16-17,19H,7,14-15,18H2,1H3,(H3,33,34)(H,36,38,39). The van der Waals surface area contributed by atoms with Gasteiger partial charge >= 0.3 is 0 Å². The van der Waals surface area contributed by atoms with Gasteiger partial charge in [0, 0.05) is 23.0 Å². The molecule has 0 fully saturated rings. The molecule has 1 unspecified atom stereocenters. The third-order valence-electron chi connectivity index (χ3n) is 7.56. The van der Waals surface area contributed by atoms with Gasteiger partial charge in [-0.1, -0.05) is 60.3 Å². The Hall–Kier alpha value is -4.63. The van der Waals surface area contributed by atoms with E-state index in [9.17, 15) is 9.59 Å². The zero-order chi connectivity index (χ0) is 28.6. The van der Waals surface area contributed by atoms with E-state index in [2.05, 4.69) is 5.32 Å². The molecule has 8 nitrogen and oxygen atoms in total. The van der Waals surface area contributed by atoms with Crippen molar-refractivity contribution >= 4 is 57.2 Å². The zero-order valence-corrected chi connectivity index (χ0v) is 23.3. The lowest BCUT2D eigenvalue weighted by Gasteiger charge is -2.29. The molecule has 0 spiro atoms. The van der Waals surface area contributed by atoms with Crippen molar-refractivity contribution in [3.8, 4) is 5.75 Å². The van der Waals surface area contributed by atoms with Crippen LogP contribution in [-0.2, 0) is 21.6 Å². The molecule has 2 aliphatic rings. The third-order valence-corrected chi connectivity index (χ3v) is 8.37. The van der Waals surface area contributed by atoms with Gasteiger partial charge in [0.25, 0.3) is 11.8 Å². The lowest BCUT2D eigenvalue weighted by atomic mass is 9.72. The smallest absolute Gasteiger partial charge is 0.275 e. The lowest BCUT2D eigenvalue weighted by molar-refractivity contribution is -0.123. The van der Waals surface area contributed by atoms with Gasteiger partial charge in [-0.15, -0.1) is 0 Å². The molecule has 206 valence electrons. The number of nitrogens with two attached hydrogens (primary N) is 1. The number of hydrogen-bond donors (Lipinski definition) is 3. The van der Waals surface area contributed by atoms with Crippen LogP contribution in [0.15, 0.2) is 89.4 Å². The Balaban J connectivity index is 1.49. The molecule has 3 heterocycles. The zero-order valence-electron chi connectivity index (χ0n) is 22.5. The molecule has 41 heavy (non-hydrogen) atoms. The molecule has 4 N–H and O–H groups in total. The number of hydrogen-bond acceptors (Lipinski definition) is 6. The molecule has 6 rings (SSSR count). The molecule has 2 amide bonds. The number of nitrogens with zero attached hydrogens (tertiary/aromatic N) is 2. The first-order valence-electron chi connectivity index (χ1n) is 13.4. The predicted octanol–water partition coefficient (Wildman–Crippen LogP) is 5.46. The summed E-state index contributed by atoms with van der Waals surface area (Å²) >= 11 is 1.25. The second-order valence-electron chi connectivity index (χ2n) is 10.2. The number of rotatable bonds is 9. The van der Waals surface area contributed by atoms with E-state index in [4.69, 9.17) is 20.9 Å². The number of aryl methyl sites for hydroxylation is 1. The van der Waals surface area contributed by atoms with Gasteiger partial charge in [-0.25, -0.2) is 0 Å². The molecule has 1 atom stereocenters. The molecule has 0 radical (unpaired) electrons. The van der Waals surface area contributed by atoms with E-state index in [1.807, 2.05) is 90.4 Å². The fraction of sp³-hybridized carbons (Fsp3) is 0.188. The molecule has 1 aromatic heterocycles. The minimum atomic E-state index is -0.984. The van der Waals surface area contributed by atoms with Crippen molar-refractivity contribution in [3.63, 3.8) is 0 Å². The molecule has 9 heteroatoms. The molecule has 0 bridgehead atoms. The number of imide groups is 1. The Labute approximate surface area is 241 Å². The van der Waals surface area contributed by atoms with Gasteiger partial charge in [0.15, 0.2) is 5.17 Å². The van der Waals surface area contributed by atoms with Gasteiger partial charge in [-0.05, 0) is 61.2 Å². The van der Waals surface area contributed by atoms with Crippen LogP contribution in [0.3, 0.4) is 0 Å². The SMILES string of the molecule is Cc1cc2ccccc2n1C1=C(C2(CCCSC(=N)N)C=Nc3ccc(OCc4ccccc4)cc32)C(=O)NC1=O. The lowest BCUT2D eigenvalue weighted by Crippen LogP contribution is -2.35. The number of thioether (sulfide) groups is 1. The van der Waals surface area contributed by atoms with Gasteiger partial charge < -0.3 is 15.0 Å². The number of carbonyl (C=O) groups excluding carboxylic acids is 2. The average Bonchev–Trinajstić information content (AvgIpc) is 3.59. The van der Waals surface area contributed by atoms with Crippen LogP contribution < -0.4 is 15.8 Å². The summed E-state index contributed by atoms with van der Waals surface area (Å²) in [7, 11) is 0. The first kappa shape index (κ1) is 26.6. The summed E-state index contributed by atoms with van der Waals surface area (Å²) in [6, 6.07) is 25.4. The number of aliphatic imine (C=N–C) groups is 1. The minimum absolute atomic E-state index is 0.0410. The first-order valence-corrected chi connectivity index (χ1v) is 14.4. The van der Waals surface area contributed by atoms with Crippen LogP contribution in [0.1, 0.15) is 29.7 Å². The van der Waals surface area contributed by atoms with E-state index in [-0.39, 0.29) is 5.17 Å². The summed E-state index contributed by atoms with van der Waals surface area (Å²) in [5, 5.41) is 11.2. The van der Waals surface area contributed by atoms with Crippen LogP contribution in [0.25, 0.3) is 16.6 Å². The Kier molecular flexibility index (Phi) is 6.96. The van der Waals surface area contributed by atoms with Crippen LogP contribution in [0.5, 0.6) is 5.75 Å². The second-order valence-corrected chi connectivity index (χ2v) is 11.3. The summed E-state index contributed by atoms with van der Waals surface area (Å²) in [5.41, 5.74) is 9.55. The Bertz CT molecular complexity index is 1760. The number of ether oxygens (including phenoxy) is 1. The van der Waals surface area contributed by atoms with Gasteiger partial charge in [0.1, 0.15) is 18.1 Å². The largest absolute Gasteiger partial charge is 0.489 e. The van der Waals surface area contributed by atoms with Crippen molar-refractivity contribution in [2.45, 2.75) is 31.8 Å². The highest BCUT2D eigenvalue weighted by Gasteiger charge is 2.49. The number of para-hydroxylation sites is 1. The monoisotopic (exact) mass is 563 g/mol. The maximum Gasteiger partial charge on any atom is 0.275 e. The quantitative estimate of drug-likeness (QED) is 0.108. The highest BCUT2D eigenvalue weighted by Crippen LogP contribution is 2.49. The highest BCUT2D eigenvalue weighted by molar-refractivity contribution is 8.13. The van der Waals surface area contributed by atoms with Gasteiger partial charge in [-0.2, -0.15) is 0 Å². The van der Waals surface area contributed by atoms with Crippen molar-refractivity contribution in [1.29, 1.82) is 5.41 Å². The molecule has 0 aliphatic carbocycles. The van der Waals surface area contributed by atoms with E-state index in [0.717, 1.165) is 33.4 Å². The van der Waals surface area contributed by atoms with Crippen molar-refractivity contribution in [2.24, 2.45) is 10.7 Å². The Morgan fingerprint density at radius 2 is 1.83 bits per heavy atom. The molecule has 3 aromatic carbocycles. The summed E-state index contributed by atoms with van der Waals surface area (Å²) in [6.07, 6.45) is 2.92. The number of amidine groups is 1. The fourth-order valence-electron chi connectivity index (χ4n) is 5.78. The van der Waals surface area contributed by atoms with E-state index < -0.39 is 17.2 Å². The normalized spacial score (nSPS) is 17.8. The van der Waals surface area contributed by atoms with Crippen LogP contribution in [0.2, 0.25) is 0 Å². The predicted molar refractivity (Wildman–Crippen MR) is 164 cm³/mol. The maximum atomic E-state index is 13.7. The van der Waals surface area contributed by atoms with Crippen molar-refractivity contribution in [3.05, 3.63) is 101 Å². The minimum Gasteiger partial charge on any atom is -0.489 e. The molecule has 2 aliphatic heterocycles. The van der Waals surface area contributed by atoms with Gasteiger partial charge in [0.05, 0.1) is 22.2 Å². The first-order chi connectivity index (χ1) is 19.9. The van der Waals surface area contributed by atoms with E-state index in [1.165, 1.54) is 11.8 Å². The summed E-state index contributed by atoms with van der Waals surface area (Å²) in [5.74, 6) is 0.366. The third kappa shape index (κ3) is 4.82. The number of fused-ring (bicyclic) bond motifs is 2. The average molecular weight is 564 g/mol. The summed E-state index contributed by atoms with van der Waals surface area (Å²) < 4.78 is 8.03. The van der Waals surface area contributed by atoms with E-state index in [1.54, 1.807) is 6.21 Å². The number of benzene rings is 3. The molecule has 4 aromatic rings. The summed E-state index contributed by atoms with van der Waals surface area (Å²) in [6.45, 7) is 2.33. The maximum absolute atomic E-state index is 13.7. The second kappa shape index (κ2) is 10.7. The van der Waals surface area contributed by atoms with Crippen molar-refractivity contribution < 1.29 is 14.3 Å². The van der Waals surface area contributed by atoms with Crippen molar-refractivity contribution in [2.75, 3.05) is 5.75 Å².